The first-order valence-corrected chi connectivity index (χ1v) is 8.35. The first-order chi connectivity index (χ1) is 10.9. The number of likely N-dealkylation sites (N-methyl/N-ethyl adjacent to an activating group) is 1. The summed E-state index contributed by atoms with van der Waals surface area (Å²) < 4.78 is 32.1. The quantitative estimate of drug-likeness (QED) is 0.821. The lowest BCUT2D eigenvalue weighted by Crippen LogP contribution is -2.24. The summed E-state index contributed by atoms with van der Waals surface area (Å²) in [6, 6.07) is 8.82. The molecule has 1 amide bonds. The highest BCUT2D eigenvalue weighted by Crippen LogP contribution is 2.28. The van der Waals surface area contributed by atoms with Gasteiger partial charge in [0.25, 0.3) is 15.9 Å². The van der Waals surface area contributed by atoms with E-state index in [2.05, 4.69) is 15.0 Å². The molecule has 122 valence electrons. The van der Waals surface area contributed by atoms with E-state index in [4.69, 9.17) is 16.3 Å². The Morgan fingerprint density at radius 3 is 2.70 bits per heavy atom. The number of carbonyl (C=O) groups excluding carboxylic acids is 1. The molecular formula is C14H14ClN3O4S. The SMILES string of the molecule is CNC(=O)COc1ccc(S(=O)(=O)Nc2ccccn2)cc1Cl. The summed E-state index contributed by atoms with van der Waals surface area (Å²) in [4.78, 5) is 15.0. The molecule has 2 aromatic rings. The second kappa shape index (κ2) is 7.30. The predicted octanol–water partition coefficient (Wildman–Crippen LogP) is 1.66. The van der Waals surface area contributed by atoms with Gasteiger partial charge in [-0.2, -0.15) is 0 Å². The molecule has 0 saturated carbocycles. The van der Waals surface area contributed by atoms with Crippen LogP contribution in [-0.4, -0.2) is 33.0 Å². The molecule has 0 aliphatic rings. The van der Waals surface area contributed by atoms with Gasteiger partial charge in [-0.25, -0.2) is 13.4 Å². The van der Waals surface area contributed by atoms with E-state index in [0.29, 0.717) is 0 Å². The van der Waals surface area contributed by atoms with Crippen LogP contribution in [0.25, 0.3) is 0 Å². The minimum absolute atomic E-state index is 0.0413. The van der Waals surface area contributed by atoms with Gasteiger partial charge in [-0.3, -0.25) is 9.52 Å². The summed E-state index contributed by atoms with van der Waals surface area (Å²) in [5.74, 6) is 0.0881. The van der Waals surface area contributed by atoms with E-state index in [9.17, 15) is 13.2 Å². The highest BCUT2D eigenvalue weighted by molar-refractivity contribution is 7.92. The van der Waals surface area contributed by atoms with Gasteiger partial charge in [0.15, 0.2) is 6.61 Å². The van der Waals surface area contributed by atoms with Gasteiger partial charge >= 0.3 is 0 Å². The van der Waals surface area contributed by atoms with Gasteiger partial charge in [-0.15, -0.1) is 0 Å². The fourth-order valence-electron chi connectivity index (χ4n) is 1.60. The number of nitrogens with one attached hydrogen (secondary N) is 2. The first-order valence-electron chi connectivity index (χ1n) is 6.49. The van der Waals surface area contributed by atoms with Crippen LogP contribution in [-0.2, 0) is 14.8 Å². The molecule has 1 aromatic carbocycles. The van der Waals surface area contributed by atoms with Crippen molar-refractivity contribution in [2.24, 2.45) is 0 Å². The van der Waals surface area contributed by atoms with Gasteiger partial charge in [-0.1, -0.05) is 17.7 Å². The maximum absolute atomic E-state index is 12.3. The lowest BCUT2D eigenvalue weighted by Gasteiger charge is -2.10. The Labute approximate surface area is 138 Å². The van der Waals surface area contributed by atoms with Crippen molar-refractivity contribution in [1.29, 1.82) is 0 Å². The van der Waals surface area contributed by atoms with Gasteiger partial charge in [0.1, 0.15) is 11.6 Å². The summed E-state index contributed by atoms with van der Waals surface area (Å²) in [5, 5.41) is 2.48. The molecule has 23 heavy (non-hydrogen) atoms. The van der Waals surface area contributed by atoms with E-state index in [0.717, 1.165) is 0 Å². The molecule has 2 rings (SSSR count). The Kier molecular flexibility index (Phi) is 5.41. The highest BCUT2D eigenvalue weighted by Gasteiger charge is 2.17. The molecule has 0 spiro atoms. The summed E-state index contributed by atoms with van der Waals surface area (Å²) in [6.45, 7) is -0.214. The van der Waals surface area contributed by atoms with E-state index < -0.39 is 10.0 Å². The van der Waals surface area contributed by atoms with Crippen LogP contribution in [0.5, 0.6) is 5.75 Å². The maximum Gasteiger partial charge on any atom is 0.263 e. The molecule has 0 unspecified atom stereocenters. The van der Waals surface area contributed by atoms with Gasteiger partial charge in [0.2, 0.25) is 0 Å². The number of pyridine rings is 1. The molecule has 1 aromatic heterocycles. The van der Waals surface area contributed by atoms with Gasteiger partial charge in [0, 0.05) is 13.2 Å². The van der Waals surface area contributed by atoms with Crippen LogP contribution >= 0.6 is 11.6 Å². The van der Waals surface area contributed by atoms with Crippen LogP contribution in [0.4, 0.5) is 5.82 Å². The Morgan fingerprint density at radius 1 is 1.30 bits per heavy atom. The molecule has 1 heterocycles. The number of halogens is 1. The van der Waals surface area contributed by atoms with Crippen molar-refractivity contribution in [3.63, 3.8) is 0 Å². The van der Waals surface area contributed by atoms with Gasteiger partial charge in [-0.05, 0) is 30.3 Å². The zero-order valence-corrected chi connectivity index (χ0v) is 13.7. The Morgan fingerprint density at radius 2 is 2.09 bits per heavy atom. The Balaban J connectivity index is 2.17. The number of sulfonamides is 1. The molecule has 9 heteroatoms. The molecule has 0 radical (unpaired) electrons. The maximum atomic E-state index is 12.3. The molecule has 0 aliphatic heterocycles. The number of aromatic nitrogens is 1. The largest absolute Gasteiger partial charge is 0.482 e. The summed E-state index contributed by atoms with van der Waals surface area (Å²) >= 11 is 6.00. The smallest absolute Gasteiger partial charge is 0.263 e. The molecule has 7 nitrogen and oxygen atoms in total. The Hall–Kier alpha value is -2.32. The molecule has 0 bridgehead atoms. The summed E-state index contributed by atoms with van der Waals surface area (Å²) in [6.07, 6.45) is 1.47. The monoisotopic (exact) mass is 355 g/mol. The lowest BCUT2D eigenvalue weighted by atomic mass is 10.3. The van der Waals surface area contributed by atoms with Crippen molar-refractivity contribution in [2.45, 2.75) is 4.90 Å². The number of amides is 1. The van der Waals surface area contributed by atoms with Crippen LogP contribution in [0.2, 0.25) is 5.02 Å². The standard InChI is InChI=1S/C14H14ClN3O4S/c1-16-14(19)9-22-12-6-5-10(8-11(12)15)23(20,21)18-13-4-2-3-7-17-13/h2-8H,9H2,1H3,(H,16,19)(H,17,18). The molecule has 2 N–H and O–H groups in total. The van der Waals surface area contributed by atoms with E-state index in [1.54, 1.807) is 12.1 Å². The normalized spacial score (nSPS) is 10.9. The van der Waals surface area contributed by atoms with Gasteiger partial charge in [0.05, 0.1) is 9.92 Å². The number of rotatable bonds is 6. The number of carbonyl (C=O) groups is 1. The second-order valence-electron chi connectivity index (χ2n) is 4.37. The third-order valence-corrected chi connectivity index (χ3v) is 4.40. The zero-order chi connectivity index (χ0) is 16.9. The third-order valence-electron chi connectivity index (χ3n) is 2.76. The summed E-state index contributed by atoms with van der Waals surface area (Å²) in [7, 11) is -2.34. The van der Waals surface area contributed by atoms with Crippen molar-refractivity contribution in [3.8, 4) is 5.75 Å². The lowest BCUT2D eigenvalue weighted by molar-refractivity contribution is -0.122. The van der Waals surface area contributed by atoms with Crippen molar-refractivity contribution >= 4 is 33.3 Å². The van der Waals surface area contributed by atoms with Crippen molar-refractivity contribution < 1.29 is 17.9 Å². The predicted molar refractivity (Wildman–Crippen MR) is 86.1 cm³/mol. The first kappa shape index (κ1) is 17.0. The number of hydrogen-bond donors (Lipinski definition) is 2. The molecule has 0 saturated heterocycles. The van der Waals surface area contributed by atoms with E-state index in [1.165, 1.54) is 37.5 Å². The van der Waals surface area contributed by atoms with Crippen molar-refractivity contribution in [2.75, 3.05) is 18.4 Å². The minimum Gasteiger partial charge on any atom is -0.482 e. The number of benzene rings is 1. The van der Waals surface area contributed by atoms with E-state index in [1.807, 2.05) is 0 Å². The molecule has 0 aliphatic carbocycles. The van der Waals surface area contributed by atoms with Crippen LogP contribution in [0, 0.1) is 0 Å². The third kappa shape index (κ3) is 4.57. The highest BCUT2D eigenvalue weighted by atomic mass is 35.5. The van der Waals surface area contributed by atoms with E-state index >= 15 is 0 Å². The number of ether oxygens (including phenoxy) is 1. The fourth-order valence-corrected chi connectivity index (χ4v) is 2.93. The second-order valence-corrected chi connectivity index (χ2v) is 6.46. The topological polar surface area (TPSA) is 97.4 Å². The number of anilines is 1. The van der Waals surface area contributed by atoms with Crippen molar-refractivity contribution in [3.05, 3.63) is 47.6 Å². The van der Waals surface area contributed by atoms with E-state index in [-0.39, 0.29) is 34.0 Å². The molecule has 0 atom stereocenters. The van der Waals surface area contributed by atoms with Crippen molar-refractivity contribution in [1.82, 2.24) is 10.3 Å². The fraction of sp³-hybridized carbons (Fsp3) is 0.143. The van der Waals surface area contributed by atoms with Crippen LogP contribution in [0.1, 0.15) is 0 Å². The zero-order valence-electron chi connectivity index (χ0n) is 12.1. The van der Waals surface area contributed by atoms with Crippen LogP contribution in [0.15, 0.2) is 47.5 Å². The summed E-state index contributed by atoms with van der Waals surface area (Å²) in [5.41, 5.74) is 0. The average molecular weight is 356 g/mol. The minimum atomic E-state index is -3.82. The van der Waals surface area contributed by atoms with Gasteiger partial charge < -0.3 is 10.1 Å². The molecular weight excluding hydrogens is 342 g/mol. The average Bonchev–Trinajstić information content (AvgIpc) is 2.53. The van der Waals surface area contributed by atoms with Crippen LogP contribution < -0.4 is 14.8 Å². The van der Waals surface area contributed by atoms with Crippen LogP contribution in [0.3, 0.4) is 0 Å². The number of hydrogen-bond acceptors (Lipinski definition) is 5. The molecule has 0 fully saturated rings. The number of nitrogens with zero attached hydrogens (tertiary/aromatic N) is 1. The Bertz CT molecular complexity index is 797.